The lowest BCUT2D eigenvalue weighted by atomic mass is 10.0. The standard InChI is InChI=1S/C60H103NO8/c1-6-8-10-12-14-16-18-20-22-24-26-27-28-29-30-31-33-34-36-38-40-42-44-46-48-50-57(62)67-54-56(55-68-60(59(64)65)66-53-52-61(3,4)5)69-58(63)51-49-47-45-43-41-39-37-35-32-25-23-21-19-17-15-13-11-9-7-2/h9,11,15,17,21,23-24,26,32,35,39,41,45,47,56,60H,6-8,10,12-14,16,18-20,22,25,27-31,33-34,36-38,40,42-44,46,48-55H2,1-5H3/b11-9-,17-15-,23-21-,26-24-,35-32-,41-39-,47-45-. The first-order valence-electron chi connectivity index (χ1n) is 27.7. The van der Waals surface area contributed by atoms with Crippen molar-refractivity contribution in [2.75, 3.05) is 47.5 Å². The summed E-state index contributed by atoms with van der Waals surface area (Å²) in [7, 11) is 5.89. The van der Waals surface area contributed by atoms with Crippen LogP contribution in [0.2, 0.25) is 0 Å². The zero-order chi connectivity index (χ0) is 50.6. The normalized spacial score (nSPS) is 13.5. The van der Waals surface area contributed by atoms with Crippen LogP contribution >= 0.6 is 0 Å². The first kappa shape index (κ1) is 65.5. The number of rotatable bonds is 50. The van der Waals surface area contributed by atoms with Gasteiger partial charge >= 0.3 is 11.9 Å². The number of aliphatic carboxylic acids is 1. The summed E-state index contributed by atoms with van der Waals surface area (Å²) in [6, 6.07) is 0. The van der Waals surface area contributed by atoms with Crippen LogP contribution in [0, 0.1) is 0 Å². The number of hydrogen-bond donors (Lipinski definition) is 0. The van der Waals surface area contributed by atoms with Crippen LogP contribution in [0.1, 0.15) is 219 Å². The topological polar surface area (TPSA) is 111 Å². The minimum atomic E-state index is -1.64. The number of carboxylic acids is 1. The Morgan fingerprint density at radius 2 is 0.855 bits per heavy atom. The average Bonchev–Trinajstić information content (AvgIpc) is 3.31. The smallest absolute Gasteiger partial charge is 0.306 e. The fraction of sp³-hybridized carbons (Fsp3) is 0.717. The molecule has 0 rings (SSSR count). The molecule has 9 heteroatoms. The largest absolute Gasteiger partial charge is 0.545 e. The maximum Gasteiger partial charge on any atom is 0.306 e. The minimum Gasteiger partial charge on any atom is -0.545 e. The van der Waals surface area contributed by atoms with Crippen LogP contribution < -0.4 is 5.11 Å². The fourth-order valence-corrected chi connectivity index (χ4v) is 7.38. The summed E-state index contributed by atoms with van der Waals surface area (Å²) in [5.41, 5.74) is 0. The van der Waals surface area contributed by atoms with E-state index in [0.717, 1.165) is 57.8 Å². The van der Waals surface area contributed by atoms with Crippen molar-refractivity contribution in [1.82, 2.24) is 0 Å². The van der Waals surface area contributed by atoms with Crippen LogP contribution in [0.15, 0.2) is 85.1 Å². The zero-order valence-electron chi connectivity index (χ0n) is 44.9. The van der Waals surface area contributed by atoms with Crippen LogP contribution in [0.3, 0.4) is 0 Å². The first-order valence-corrected chi connectivity index (χ1v) is 27.7. The number of allylic oxidation sites excluding steroid dienone is 14. The van der Waals surface area contributed by atoms with Gasteiger partial charge in [0.15, 0.2) is 12.4 Å². The summed E-state index contributed by atoms with van der Waals surface area (Å²) < 4.78 is 22.6. The summed E-state index contributed by atoms with van der Waals surface area (Å²) in [6.07, 6.45) is 63.6. The highest BCUT2D eigenvalue weighted by Crippen LogP contribution is 2.15. The summed E-state index contributed by atoms with van der Waals surface area (Å²) in [5, 5.41) is 11.7. The second-order valence-electron chi connectivity index (χ2n) is 19.5. The molecule has 0 aromatic heterocycles. The van der Waals surface area contributed by atoms with Crippen molar-refractivity contribution in [2.24, 2.45) is 0 Å². The van der Waals surface area contributed by atoms with Gasteiger partial charge in [0, 0.05) is 12.8 Å². The number of unbranched alkanes of at least 4 members (excludes halogenated alkanes) is 21. The number of nitrogens with zero attached hydrogens (tertiary/aromatic N) is 1. The second kappa shape index (κ2) is 50.8. The molecule has 0 amide bonds. The molecule has 0 aromatic rings. The number of likely N-dealkylation sites (N-methyl/N-ethyl adjacent to an activating group) is 1. The molecular weight excluding hydrogens is 863 g/mol. The van der Waals surface area contributed by atoms with Gasteiger partial charge in [-0.15, -0.1) is 0 Å². The van der Waals surface area contributed by atoms with E-state index in [4.69, 9.17) is 18.9 Å². The van der Waals surface area contributed by atoms with Crippen molar-refractivity contribution in [3.05, 3.63) is 85.1 Å². The number of ether oxygens (including phenoxy) is 4. The van der Waals surface area contributed by atoms with E-state index in [1.165, 1.54) is 128 Å². The summed E-state index contributed by atoms with van der Waals surface area (Å²) in [4.78, 5) is 37.2. The molecule has 0 saturated carbocycles. The lowest BCUT2D eigenvalue weighted by molar-refractivity contribution is -0.870. The number of carboxylic acid groups (broad SMARTS) is 1. The van der Waals surface area contributed by atoms with Gasteiger partial charge in [0.2, 0.25) is 0 Å². The molecule has 2 atom stereocenters. The van der Waals surface area contributed by atoms with Gasteiger partial charge in [-0.05, 0) is 77.0 Å². The van der Waals surface area contributed by atoms with Crippen molar-refractivity contribution in [3.63, 3.8) is 0 Å². The maximum absolute atomic E-state index is 12.8. The number of carbonyl (C=O) groups is 3. The number of carbonyl (C=O) groups excluding carboxylic acids is 3. The van der Waals surface area contributed by atoms with Crippen LogP contribution in [0.5, 0.6) is 0 Å². The molecule has 0 N–H and O–H groups in total. The maximum atomic E-state index is 12.8. The molecule has 0 aromatic carbocycles. The molecular formula is C60H103NO8. The van der Waals surface area contributed by atoms with Gasteiger partial charge in [-0.1, -0.05) is 214 Å². The third-order valence-electron chi connectivity index (χ3n) is 11.6. The molecule has 0 bridgehead atoms. The quantitative estimate of drug-likeness (QED) is 0.0195. The highest BCUT2D eigenvalue weighted by atomic mass is 16.7. The Labute approximate surface area is 423 Å². The van der Waals surface area contributed by atoms with E-state index in [2.05, 4.69) is 86.8 Å². The Hall–Kier alpha value is -3.53. The third-order valence-corrected chi connectivity index (χ3v) is 11.6. The monoisotopic (exact) mass is 966 g/mol. The average molecular weight is 966 g/mol. The van der Waals surface area contributed by atoms with E-state index in [9.17, 15) is 19.5 Å². The summed E-state index contributed by atoms with van der Waals surface area (Å²) >= 11 is 0. The van der Waals surface area contributed by atoms with Crippen LogP contribution in [0.25, 0.3) is 0 Å². The van der Waals surface area contributed by atoms with E-state index in [1.54, 1.807) is 0 Å². The molecule has 0 aliphatic rings. The van der Waals surface area contributed by atoms with Crippen molar-refractivity contribution < 1.29 is 42.9 Å². The van der Waals surface area contributed by atoms with Crippen molar-refractivity contribution in [2.45, 2.75) is 232 Å². The van der Waals surface area contributed by atoms with Crippen LogP contribution in [0.4, 0.5) is 0 Å². The fourth-order valence-electron chi connectivity index (χ4n) is 7.38. The van der Waals surface area contributed by atoms with Crippen molar-refractivity contribution in [1.29, 1.82) is 0 Å². The first-order chi connectivity index (χ1) is 33.6. The Bertz CT molecular complexity index is 1400. The molecule has 0 aliphatic carbocycles. The predicted molar refractivity (Wildman–Crippen MR) is 288 cm³/mol. The Balaban J connectivity index is 4.35. The van der Waals surface area contributed by atoms with Gasteiger partial charge < -0.3 is 33.3 Å². The summed E-state index contributed by atoms with van der Waals surface area (Å²) in [6.45, 7) is 4.55. The van der Waals surface area contributed by atoms with Gasteiger partial charge in [-0.2, -0.15) is 0 Å². The molecule has 0 saturated heterocycles. The van der Waals surface area contributed by atoms with Gasteiger partial charge in [-0.3, -0.25) is 9.59 Å². The van der Waals surface area contributed by atoms with E-state index in [1.807, 2.05) is 33.3 Å². The molecule has 0 fully saturated rings. The molecule has 0 heterocycles. The third kappa shape index (κ3) is 52.1. The van der Waals surface area contributed by atoms with Crippen LogP contribution in [-0.2, 0) is 33.3 Å². The Morgan fingerprint density at radius 1 is 0.449 bits per heavy atom. The zero-order valence-corrected chi connectivity index (χ0v) is 44.9. The molecule has 2 unspecified atom stereocenters. The highest BCUT2D eigenvalue weighted by Gasteiger charge is 2.21. The van der Waals surface area contributed by atoms with E-state index in [0.29, 0.717) is 17.4 Å². The molecule has 0 aliphatic heterocycles. The molecule has 69 heavy (non-hydrogen) atoms. The molecule has 396 valence electrons. The van der Waals surface area contributed by atoms with E-state index >= 15 is 0 Å². The van der Waals surface area contributed by atoms with Gasteiger partial charge in [-0.25, -0.2) is 0 Å². The number of esters is 2. The highest BCUT2D eigenvalue weighted by molar-refractivity contribution is 5.70. The lowest BCUT2D eigenvalue weighted by Crippen LogP contribution is -2.44. The molecule has 9 nitrogen and oxygen atoms in total. The lowest BCUT2D eigenvalue weighted by Gasteiger charge is -2.26. The van der Waals surface area contributed by atoms with Crippen molar-refractivity contribution in [3.8, 4) is 0 Å². The summed E-state index contributed by atoms with van der Waals surface area (Å²) in [5.74, 6) is -2.40. The van der Waals surface area contributed by atoms with Crippen LogP contribution in [-0.4, -0.2) is 82.3 Å². The predicted octanol–water partition coefficient (Wildman–Crippen LogP) is 14.7. The van der Waals surface area contributed by atoms with E-state index < -0.39 is 24.3 Å². The van der Waals surface area contributed by atoms with Crippen molar-refractivity contribution >= 4 is 17.9 Å². The number of quaternary nitrogens is 1. The Morgan fingerprint density at radius 3 is 1.29 bits per heavy atom. The molecule has 0 spiro atoms. The second-order valence-corrected chi connectivity index (χ2v) is 19.5. The van der Waals surface area contributed by atoms with E-state index in [-0.39, 0.29) is 38.6 Å². The van der Waals surface area contributed by atoms with Gasteiger partial charge in [0.1, 0.15) is 13.2 Å². The Kier molecular flexibility index (Phi) is 48.2. The SMILES string of the molecule is CC/C=C\C/C=C\C/C=C\C/C=C\C/C=C\C/C=C\CCC(=O)OC(COC(=O)CCCCCCCCCCCCCCC/C=C\CCCCCCCCCC)COC(OCC[N+](C)(C)C)C(=O)[O-]. The number of hydrogen-bond acceptors (Lipinski definition) is 8. The van der Waals surface area contributed by atoms with Gasteiger partial charge in [0.05, 0.1) is 40.3 Å². The minimum absolute atomic E-state index is 0.119. The molecule has 0 radical (unpaired) electrons. The van der Waals surface area contributed by atoms with Gasteiger partial charge in [0.25, 0.3) is 0 Å².